The normalized spacial score (nSPS) is 10.7. The number of benzene rings is 2. The van der Waals surface area contributed by atoms with Gasteiger partial charge in [-0.05, 0) is 42.2 Å². The smallest absolute Gasteiger partial charge is 0.233 e. The summed E-state index contributed by atoms with van der Waals surface area (Å²) in [5.74, 6) is 1.26. The zero-order valence-electron chi connectivity index (χ0n) is 19.6. The molecule has 2 aromatic carbocycles. The van der Waals surface area contributed by atoms with Crippen LogP contribution in [0.25, 0.3) is 10.2 Å². The Morgan fingerprint density at radius 2 is 1.97 bits per heavy atom. The molecule has 0 aliphatic carbocycles. The number of hydrogen-bond acceptors (Lipinski definition) is 6. The van der Waals surface area contributed by atoms with Crippen LogP contribution in [0.4, 0.5) is 5.13 Å². The van der Waals surface area contributed by atoms with Crippen LogP contribution in [-0.2, 0) is 24.2 Å². The minimum Gasteiger partial charge on any atom is -0.493 e. The van der Waals surface area contributed by atoms with E-state index in [1.807, 2.05) is 33.9 Å². The Hall–Kier alpha value is -3.10. The first-order valence-corrected chi connectivity index (χ1v) is 11.8. The number of halogens is 1. The first-order chi connectivity index (χ1) is 16.1. The molecule has 0 fully saturated rings. The molecule has 2 heterocycles. The molecule has 0 aliphatic heterocycles. The van der Waals surface area contributed by atoms with Crippen molar-refractivity contribution in [2.24, 2.45) is 0 Å². The van der Waals surface area contributed by atoms with Gasteiger partial charge in [0.05, 0.1) is 37.2 Å². The van der Waals surface area contributed by atoms with E-state index in [1.54, 1.807) is 38.1 Å². The van der Waals surface area contributed by atoms with Crippen molar-refractivity contribution in [1.82, 2.24) is 14.5 Å². The van der Waals surface area contributed by atoms with Gasteiger partial charge in [-0.3, -0.25) is 9.69 Å². The van der Waals surface area contributed by atoms with E-state index in [-0.39, 0.29) is 24.7 Å². The van der Waals surface area contributed by atoms with Gasteiger partial charge in [0.15, 0.2) is 16.6 Å². The standard InChI is InChI=1S/C25H28N4O3S.ClH/c1-4-19-7-5-8-22-24(19)27-25(33-22)29(13-6-12-28-14-11-26-17-28)23(30)16-18-9-10-20(31-2)21(15-18)32-3;/h5,7-11,14-15,17H,4,6,12-13,16H2,1-3H3;1H. The third-order valence-corrected chi connectivity index (χ3v) is 6.61. The second kappa shape index (κ2) is 11.9. The molecule has 0 radical (unpaired) electrons. The van der Waals surface area contributed by atoms with Gasteiger partial charge in [0.1, 0.15) is 0 Å². The van der Waals surface area contributed by atoms with Crippen molar-refractivity contribution >= 4 is 45.0 Å². The Balaban J connectivity index is 0.00000324. The summed E-state index contributed by atoms with van der Waals surface area (Å²) in [6.45, 7) is 3.48. The summed E-state index contributed by atoms with van der Waals surface area (Å²) in [6, 6.07) is 11.8. The lowest BCUT2D eigenvalue weighted by Crippen LogP contribution is -2.33. The number of aryl methyl sites for hydroxylation is 2. The molecule has 0 atom stereocenters. The van der Waals surface area contributed by atoms with Gasteiger partial charge < -0.3 is 14.0 Å². The molecule has 0 saturated heterocycles. The van der Waals surface area contributed by atoms with Gasteiger partial charge in [-0.15, -0.1) is 12.4 Å². The van der Waals surface area contributed by atoms with E-state index < -0.39 is 0 Å². The fraction of sp³-hybridized carbons (Fsp3) is 0.320. The minimum atomic E-state index is 0. The van der Waals surface area contributed by atoms with Gasteiger partial charge in [0.25, 0.3) is 0 Å². The topological polar surface area (TPSA) is 69.5 Å². The molecule has 7 nitrogen and oxygen atoms in total. The van der Waals surface area contributed by atoms with Crippen LogP contribution < -0.4 is 14.4 Å². The molecular weight excluding hydrogens is 472 g/mol. The van der Waals surface area contributed by atoms with E-state index in [2.05, 4.69) is 30.1 Å². The van der Waals surface area contributed by atoms with E-state index in [1.165, 1.54) is 5.56 Å². The number of para-hydroxylation sites is 1. The summed E-state index contributed by atoms with van der Waals surface area (Å²) in [6.07, 6.45) is 7.44. The molecule has 2 aromatic heterocycles. The Labute approximate surface area is 209 Å². The van der Waals surface area contributed by atoms with Crippen molar-refractivity contribution in [2.45, 2.75) is 32.7 Å². The average Bonchev–Trinajstić information content (AvgIpc) is 3.51. The Morgan fingerprint density at radius 1 is 1.15 bits per heavy atom. The van der Waals surface area contributed by atoms with Crippen LogP contribution in [0.1, 0.15) is 24.5 Å². The maximum atomic E-state index is 13.5. The third-order valence-electron chi connectivity index (χ3n) is 5.56. The zero-order valence-corrected chi connectivity index (χ0v) is 21.2. The minimum absolute atomic E-state index is 0. The van der Waals surface area contributed by atoms with Crippen molar-refractivity contribution in [1.29, 1.82) is 0 Å². The highest BCUT2D eigenvalue weighted by molar-refractivity contribution is 7.22. The molecule has 0 aliphatic rings. The van der Waals surface area contributed by atoms with E-state index >= 15 is 0 Å². The number of anilines is 1. The van der Waals surface area contributed by atoms with Crippen LogP contribution in [0, 0.1) is 0 Å². The number of fused-ring (bicyclic) bond motifs is 1. The molecule has 34 heavy (non-hydrogen) atoms. The van der Waals surface area contributed by atoms with Crippen LogP contribution in [0.2, 0.25) is 0 Å². The van der Waals surface area contributed by atoms with Crippen molar-refractivity contribution in [3.63, 3.8) is 0 Å². The number of carbonyl (C=O) groups excluding carboxylic acids is 1. The SMILES string of the molecule is CCc1cccc2sc(N(CCCn3ccnc3)C(=O)Cc3ccc(OC)c(OC)c3)nc12.Cl. The molecule has 0 unspecified atom stereocenters. The molecule has 0 saturated carbocycles. The predicted octanol–water partition coefficient (Wildman–Crippen LogP) is 5.16. The van der Waals surface area contributed by atoms with Gasteiger partial charge in [0, 0.05) is 25.5 Å². The molecule has 1 amide bonds. The fourth-order valence-corrected chi connectivity index (χ4v) is 4.87. The van der Waals surface area contributed by atoms with Crippen molar-refractivity contribution in [3.8, 4) is 11.5 Å². The first kappa shape index (κ1) is 25.5. The van der Waals surface area contributed by atoms with Crippen LogP contribution >= 0.6 is 23.7 Å². The third kappa shape index (κ3) is 5.69. The second-order valence-electron chi connectivity index (χ2n) is 7.68. The average molecular weight is 501 g/mol. The summed E-state index contributed by atoms with van der Waals surface area (Å²) in [5, 5.41) is 0.738. The quantitative estimate of drug-likeness (QED) is 0.301. The summed E-state index contributed by atoms with van der Waals surface area (Å²) in [7, 11) is 3.20. The molecule has 4 aromatic rings. The number of carbonyl (C=O) groups is 1. The molecule has 4 rings (SSSR count). The zero-order chi connectivity index (χ0) is 23.2. The van der Waals surface area contributed by atoms with E-state index in [9.17, 15) is 4.79 Å². The molecule has 0 N–H and O–H groups in total. The number of rotatable bonds is 10. The number of ether oxygens (including phenoxy) is 2. The number of thiazole rings is 1. The fourth-order valence-electron chi connectivity index (χ4n) is 3.81. The number of imidazole rings is 1. The summed E-state index contributed by atoms with van der Waals surface area (Å²) in [5.41, 5.74) is 3.05. The second-order valence-corrected chi connectivity index (χ2v) is 8.69. The summed E-state index contributed by atoms with van der Waals surface area (Å²) >= 11 is 1.57. The highest BCUT2D eigenvalue weighted by Gasteiger charge is 2.21. The number of aromatic nitrogens is 3. The number of amides is 1. The highest BCUT2D eigenvalue weighted by atomic mass is 35.5. The highest BCUT2D eigenvalue weighted by Crippen LogP contribution is 2.32. The van der Waals surface area contributed by atoms with Crippen molar-refractivity contribution in [3.05, 3.63) is 66.2 Å². The Morgan fingerprint density at radius 3 is 2.68 bits per heavy atom. The van der Waals surface area contributed by atoms with E-state index in [4.69, 9.17) is 14.5 Å². The van der Waals surface area contributed by atoms with Gasteiger partial charge in [-0.1, -0.05) is 36.5 Å². The number of hydrogen-bond donors (Lipinski definition) is 0. The Kier molecular flexibility index (Phi) is 8.90. The lowest BCUT2D eigenvalue weighted by molar-refractivity contribution is -0.118. The van der Waals surface area contributed by atoms with Crippen LogP contribution in [0.3, 0.4) is 0 Å². The van der Waals surface area contributed by atoms with Gasteiger partial charge in [-0.25, -0.2) is 9.97 Å². The summed E-state index contributed by atoms with van der Waals surface area (Å²) in [4.78, 5) is 24.3. The van der Waals surface area contributed by atoms with Crippen LogP contribution in [0.5, 0.6) is 11.5 Å². The van der Waals surface area contributed by atoms with E-state index in [0.29, 0.717) is 18.0 Å². The van der Waals surface area contributed by atoms with Gasteiger partial charge in [0.2, 0.25) is 5.91 Å². The molecule has 180 valence electrons. The van der Waals surface area contributed by atoms with Crippen LogP contribution in [-0.4, -0.2) is 41.2 Å². The largest absolute Gasteiger partial charge is 0.493 e. The van der Waals surface area contributed by atoms with Gasteiger partial charge >= 0.3 is 0 Å². The monoisotopic (exact) mass is 500 g/mol. The molecular formula is C25H29ClN4O3S. The van der Waals surface area contributed by atoms with Crippen molar-refractivity contribution in [2.75, 3.05) is 25.7 Å². The number of methoxy groups -OCH3 is 2. The lowest BCUT2D eigenvalue weighted by atomic mass is 10.1. The summed E-state index contributed by atoms with van der Waals surface area (Å²) < 4.78 is 13.8. The lowest BCUT2D eigenvalue weighted by Gasteiger charge is -2.20. The van der Waals surface area contributed by atoms with Gasteiger partial charge in [-0.2, -0.15) is 0 Å². The van der Waals surface area contributed by atoms with Crippen molar-refractivity contribution < 1.29 is 14.3 Å². The molecule has 9 heteroatoms. The maximum absolute atomic E-state index is 13.5. The molecule has 0 bridgehead atoms. The number of nitrogens with zero attached hydrogens (tertiary/aromatic N) is 4. The van der Waals surface area contributed by atoms with E-state index in [0.717, 1.165) is 40.3 Å². The predicted molar refractivity (Wildman–Crippen MR) is 139 cm³/mol. The molecule has 0 spiro atoms. The Bertz CT molecular complexity index is 1230. The van der Waals surface area contributed by atoms with Crippen LogP contribution in [0.15, 0.2) is 55.1 Å². The first-order valence-electron chi connectivity index (χ1n) is 11.0. The maximum Gasteiger partial charge on any atom is 0.233 e.